The molecule has 0 aliphatic heterocycles. The molecule has 5 aromatic rings. The predicted molar refractivity (Wildman–Crippen MR) is 134 cm³/mol. The Labute approximate surface area is 218 Å². The lowest BCUT2D eigenvalue weighted by atomic mass is 10.0. The number of halogens is 4. The minimum Gasteiger partial charge on any atom is -0.469 e. The van der Waals surface area contributed by atoms with Gasteiger partial charge in [-0.3, -0.25) is 9.25 Å². The van der Waals surface area contributed by atoms with E-state index in [9.17, 15) is 22.8 Å². The van der Waals surface area contributed by atoms with Crippen molar-refractivity contribution in [3.63, 3.8) is 0 Å². The third-order valence-electron chi connectivity index (χ3n) is 5.57. The lowest BCUT2D eigenvalue weighted by Crippen LogP contribution is -2.43. The summed E-state index contributed by atoms with van der Waals surface area (Å²) in [6.07, 6.45) is 1.71. The molecule has 0 amide bonds. The van der Waals surface area contributed by atoms with Gasteiger partial charge in [-0.25, -0.2) is 32.3 Å². The van der Waals surface area contributed by atoms with Gasteiger partial charge in [0.05, 0.1) is 40.7 Å². The Kier molecular flexibility index (Phi) is 6.39. The van der Waals surface area contributed by atoms with Gasteiger partial charge in [-0.2, -0.15) is 10.1 Å². The van der Waals surface area contributed by atoms with Crippen LogP contribution in [0, 0.1) is 17.5 Å². The van der Waals surface area contributed by atoms with Crippen LogP contribution < -0.4 is 28.1 Å². The molecular formula is C22H13B2ClF3N7O3. The molecule has 0 atom stereocenters. The van der Waals surface area contributed by atoms with Crippen LogP contribution in [0.2, 0.25) is 5.02 Å². The number of aromatic nitrogens is 6. The van der Waals surface area contributed by atoms with Crippen LogP contribution >= 0.6 is 11.6 Å². The summed E-state index contributed by atoms with van der Waals surface area (Å²) in [6, 6.07) is 4.10. The molecule has 0 saturated heterocycles. The Morgan fingerprint density at radius 1 is 1.00 bits per heavy atom. The highest BCUT2D eigenvalue weighted by atomic mass is 35.5. The number of anilines is 2. The zero-order valence-electron chi connectivity index (χ0n) is 19.4. The second kappa shape index (κ2) is 9.56. The molecule has 3 aromatic heterocycles. The largest absolute Gasteiger partial charge is 0.469 e. The predicted octanol–water partition coefficient (Wildman–Crippen LogP) is 0.778. The van der Waals surface area contributed by atoms with E-state index >= 15 is 0 Å². The topological polar surface area (TPSA) is 113 Å². The highest BCUT2D eigenvalue weighted by Crippen LogP contribution is 2.29. The van der Waals surface area contributed by atoms with Gasteiger partial charge in [0.25, 0.3) is 0 Å². The maximum absolute atomic E-state index is 14.5. The van der Waals surface area contributed by atoms with E-state index in [0.717, 1.165) is 4.57 Å². The van der Waals surface area contributed by atoms with Crippen molar-refractivity contribution < 1.29 is 17.6 Å². The molecule has 3 heterocycles. The van der Waals surface area contributed by atoms with Gasteiger partial charge in [0.1, 0.15) is 11.6 Å². The monoisotopic (exact) mass is 537 g/mol. The minimum absolute atomic E-state index is 0.0279. The molecule has 10 nitrogen and oxygen atoms in total. The Hall–Kier alpha value is -4.26. The fourth-order valence-electron chi connectivity index (χ4n) is 3.79. The van der Waals surface area contributed by atoms with Crippen molar-refractivity contribution in [1.29, 1.82) is 0 Å². The molecule has 0 fully saturated rings. The third-order valence-corrected chi connectivity index (χ3v) is 5.89. The number of aryl methyl sites for hydroxylation is 1. The van der Waals surface area contributed by atoms with E-state index in [1.165, 1.54) is 0 Å². The van der Waals surface area contributed by atoms with E-state index < -0.39 is 41.9 Å². The molecular weight excluding hydrogens is 524 g/mol. The summed E-state index contributed by atoms with van der Waals surface area (Å²) in [6.45, 7) is -1.12. The Morgan fingerprint density at radius 2 is 1.74 bits per heavy atom. The lowest BCUT2D eigenvalue weighted by Gasteiger charge is -2.16. The molecule has 2 aromatic carbocycles. The fraction of sp³-hybridized carbons (Fsp3) is 0.136. The van der Waals surface area contributed by atoms with Gasteiger partial charge in [-0.15, -0.1) is 0 Å². The maximum Gasteiger partial charge on any atom is 0.355 e. The number of oxazole rings is 1. The van der Waals surface area contributed by atoms with Gasteiger partial charge in [-0.05, 0) is 18.2 Å². The number of rotatable bonds is 6. The summed E-state index contributed by atoms with van der Waals surface area (Å²) >= 11 is 6.37. The van der Waals surface area contributed by atoms with Crippen LogP contribution in [-0.2, 0) is 20.1 Å². The van der Waals surface area contributed by atoms with Crippen LogP contribution in [0.3, 0.4) is 0 Å². The maximum atomic E-state index is 14.5. The molecule has 5 rings (SSSR count). The van der Waals surface area contributed by atoms with Crippen LogP contribution in [0.15, 0.2) is 44.5 Å². The Morgan fingerprint density at radius 3 is 2.45 bits per heavy atom. The van der Waals surface area contributed by atoms with Crippen molar-refractivity contribution in [1.82, 2.24) is 28.9 Å². The first-order valence-electron chi connectivity index (χ1n) is 10.8. The number of nitrogens with one attached hydrogen (secondary N) is 1. The number of fused-ring (bicyclic) bond motifs is 1. The van der Waals surface area contributed by atoms with Gasteiger partial charge in [-0.1, -0.05) is 11.6 Å². The van der Waals surface area contributed by atoms with Crippen molar-refractivity contribution in [3.8, 4) is 0 Å². The van der Waals surface area contributed by atoms with Crippen molar-refractivity contribution in [2.45, 2.75) is 13.1 Å². The van der Waals surface area contributed by atoms with E-state index in [-0.39, 0.29) is 39.4 Å². The van der Waals surface area contributed by atoms with Gasteiger partial charge in [0, 0.05) is 30.3 Å². The summed E-state index contributed by atoms with van der Waals surface area (Å²) in [4.78, 5) is 34.1. The van der Waals surface area contributed by atoms with Crippen molar-refractivity contribution in [2.75, 3.05) is 5.32 Å². The van der Waals surface area contributed by atoms with Crippen molar-refractivity contribution in [2.24, 2.45) is 7.05 Å². The van der Waals surface area contributed by atoms with Crippen molar-refractivity contribution >= 4 is 61.3 Å². The molecule has 4 radical (unpaired) electrons. The molecule has 0 saturated carbocycles. The summed E-state index contributed by atoms with van der Waals surface area (Å²) < 4.78 is 49.9. The molecule has 38 heavy (non-hydrogen) atoms. The minimum atomic E-state index is -1.41. The van der Waals surface area contributed by atoms with Gasteiger partial charge < -0.3 is 9.73 Å². The molecule has 0 unspecified atom stereocenters. The van der Waals surface area contributed by atoms with Gasteiger partial charge >= 0.3 is 11.4 Å². The van der Waals surface area contributed by atoms with E-state index in [4.69, 9.17) is 31.7 Å². The molecule has 0 spiro atoms. The summed E-state index contributed by atoms with van der Waals surface area (Å²) in [5, 5.41) is 7.89. The highest BCUT2D eigenvalue weighted by Gasteiger charge is 2.20. The Balaban J connectivity index is 1.65. The molecule has 188 valence electrons. The first-order valence-corrected chi connectivity index (χ1v) is 11.1. The number of benzene rings is 2. The SMILES string of the molecule is [B]c1nc(Cn2c(=O)nc(Nc3cc4cn(C)nc4cc3Cl)n(Cc3cc(F)c(F)cc3F)c2=O)c([B])o1. The molecule has 0 aliphatic carbocycles. The molecule has 16 heteroatoms. The zero-order chi connectivity index (χ0) is 27.3. The molecule has 1 N–H and O–H groups in total. The normalized spacial score (nSPS) is 11.4. The quantitative estimate of drug-likeness (QED) is 0.252. The van der Waals surface area contributed by atoms with Crippen molar-refractivity contribution in [3.05, 3.63) is 85.2 Å². The highest BCUT2D eigenvalue weighted by molar-refractivity contribution is 6.34. The first kappa shape index (κ1) is 25.4. The number of nitrogens with zero attached hydrogens (tertiary/aromatic N) is 6. The summed E-state index contributed by atoms with van der Waals surface area (Å²) in [5.41, 5.74) is -1.86. The first-order chi connectivity index (χ1) is 18.0. The second-order valence-corrected chi connectivity index (χ2v) is 8.62. The molecule has 0 aliphatic rings. The van der Waals surface area contributed by atoms with Crippen LogP contribution in [-0.4, -0.2) is 44.6 Å². The third kappa shape index (κ3) is 4.72. The molecule has 0 bridgehead atoms. The Bertz CT molecular complexity index is 1850. The van der Waals surface area contributed by atoms with E-state index in [0.29, 0.717) is 27.6 Å². The number of hydrogen-bond acceptors (Lipinski definition) is 7. The number of hydrogen-bond donors (Lipinski definition) is 1. The van der Waals surface area contributed by atoms with Gasteiger partial charge in [0.15, 0.2) is 27.3 Å². The fourth-order valence-corrected chi connectivity index (χ4v) is 3.99. The van der Waals surface area contributed by atoms with Crippen LogP contribution in [0.4, 0.5) is 24.8 Å². The zero-order valence-corrected chi connectivity index (χ0v) is 20.1. The van der Waals surface area contributed by atoms with Crippen LogP contribution in [0.1, 0.15) is 11.3 Å². The lowest BCUT2D eigenvalue weighted by molar-refractivity contribution is 0.485. The summed E-state index contributed by atoms with van der Waals surface area (Å²) in [5.74, 6) is -4.50. The van der Waals surface area contributed by atoms with Gasteiger partial charge in [0.2, 0.25) is 5.95 Å². The van der Waals surface area contributed by atoms with E-state index in [1.54, 1.807) is 30.1 Å². The van der Waals surface area contributed by atoms with E-state index in [2.05, 4.69) is 20.4 Å². The standard InChI is InChI=1S/C22H13B2ClF3N7O3/c1-33-6-10-3-16(11(25)4-15(10)32-33)30-20-31-21(36)35(8-17-18(23)38-19(24)29-17)22(37)34(20)7-9-2-13(27)14(28)5-12(9)26/h2-6H,7-8H2,1H3,(H,30,31,36). The second-order valence-electron chi connectivity index (χ2n) is 8.21. The van der Waals surface area contributed by atoms with Crippen LogP contribution in [0.5, 0.6) is 0 Å². The average Bonchev–Trinajstić information content (AvgIpc) is 3.36. The van der Waals surface area contributed by atoms with Crippen LogP contribution in [0.25, 0.3) is 10.9 Å². The summed E-state index contributed by atoms with van der Waals surface area (Å²) in [7, 11) is 12.9. The smallest absolute Gasteiger partial charge is 0.355 e. The average molecular weight is 537 g/mol. The van der Waals surface area contributed by atoms with E-state index in [1.807, 2.05) is 0 Å².